The number of primary sulfonamides is 1. The second-order valence-electron chi connectivity index (χ2n) is 8.63. The molecule has 0 radical (unpaired) electrons. The Kier molecular flexibility index (Phi) is 6.74. The number of quaternary nitrogens is 1. The van der Waals surface area contributed by atoms with Gasteiger partial charge in [-0.15, -0.1) is 0 Å². The summed E-state index contributed by atoms with van der Waals surface area (Å²) in [6, 6.07) is 12.8. The number of carbonyl (C=O) groups excluding carboxylic acids is 3. The van der Waals surface area contributed by atoms with Crippen molar-refractivity contribution in [3.05, 3.63) is 70.4 Å². The van der Waals surface area contributed by atoms with Crippen LogP contribution in [0.2, 0.25) is 0 Å². The first-order valence-corrected chi connectivity index (χ1v) is 13.1. The van der Waals surface area contributed by atoms with E-state index in [1.165, 1.54) is 12.1 Å². The molecule has 0 saturated carbocycles. The maximum absolute atomic E-state index is 13.2. The molecule has 2 aliphatic heterocycles. The molecule has 0 aliphatic carbocycles. The topological polar surface area (TPSA) is 179 Å². The molecule has 3 unspecified atom stereocenters. The van der Waals surface area contributed by atoms with Crippen LogP contribution in [0.5, 0.6) is 0 Å². The van der Waals surface area contributed by atoms with E-state index in [1.807, 2.05) is 0 Å². The third-order valence-corrected chi connectivity index (χ3v) is 8.21. The maximum Gasteiger partial charge on any atom is 0.359 e. The van der Waals surface area contributed by atoms with Gasteiger partial charge in [-0.2, -0.15) is 5.21 Å². The number of amides is 3. The van der Waals surface area contributed by atoms with Gasteiger partial charge in [0.05, 0.1) is 11.3 Å². The van der Waals surface area contributed by atoms with E-state index in [2.05, 4.69) is 10.6 Å². The van der Waals surface area contributed by atoms with Crippen molar-refractivity contribution in [3.63, 3.8) is 0 Å². The van der Waals surface area contributed by atoms with Gasteiger partial charge in [0, 0.05) is 19.4 Å². The molecular weight excluding hydrogens is 496 g/mol. The van der Waals surface area contributed by atoms with E-state index in [9.17, 15) is 33.2 Å². The van der Waals surface area contributed by atoms with E-state index >= 15 is 0 Å². The van der Waals surface area contributed by atoms with Crippen LogP contribution in [0.1, 0.15) is 41.2 Å². The molecule has 2 aliphatic rings. The molecule has 0 aromatic heterocycles. The fraction of sp³-hybridized carbons (Fsp3) is 0.318. The minimum absolute atomic E-state index is 0.0326. The summed E-state index contributed by atoms with van der Waals surface area (Å²) >= 11 is 0.605. The molecule has 0 spiro atoms. The zero-order chi connectivity index (χ0) is 25.4. The summed E-state index contributed by atoms with van der Waals surface area (Å²) < 4.78 is 20.8. The molecule has 3 amide bonds. The Morgan fingerprint density at radius 1 is 1.17 bits per heavy atom. The molecule has 2 aromatic carbocycles. The minimum atomic E-state index is -3.81. The summed E-state index contributed by atoms with van der Waals surface area (Å²) in [5.74, 6) is -1.41. The van der Waals surface area contributed by atoms with Crippen molar-refractivity contribution in [1.82, 2.24) is 10.6 Å². The SMILES string of the molecule is NS(=O)(=O)c1ccc(CNC(=O)C2(Cc3ccc(C4CC(=O)[N+]([O-])(O)S4)cc3)CCC(=O)N2)cc1. The van der Waals surface area contributed by atoms with E-state index in [0.717, 1.165) is 5.56 Å². The lowest BCUT2D eigenvalue weighted by molar-refractivity contribution is -0.880. The van der Waals surface area contributed by atoms with Gasteiger partial charge in [-0.1, -0.05) is 40.6 Å². The Labute approximate surface area is 206 Å². The number of nitrogens with two attached hydrogens (primary N) is 1. The van der Waals surface area contributed by atoms with Crippen LogP contribution in [0.4, 0.5) is 0 Å². The van der Waals surface area contributed by atoms with Crippen LogP contribution in [-0.2, 0) is 37.4 Å². The molecule has 4 rings (SSSR count). The molecule has 2 heterocycles. The Hall–Kier alpha value is -2.81. The standard InChI is InChI=1S/C22H24N4O7S2/c23-35(32,33)17-7-3-15(4-8-17)13-24-21(29)22(10-9-19(27)25-22)12-14-1-5-16(6-2-14)18-11-20(28)26(30,31)34-18/h1-8,18,30H,9-13H2,(H,24,29)(H,25,27)(H2,23,32,33). The summed E-state index contributed by atoms with van der Waals surface area (Å²) in [5, 5.41) is 31.4. The molecule has 2 saturated heterocycles. The second-order valence-corrected chi connectivity index (χ2v) is 11.5. The normalized spacial score (nSPS) is 26.5. The number of nitrogens with zero attached hydrogens (tertiary/aromatic N) is 1. The zero-order valence-corrected chi connectivity index (χ0v) is 20.1. The molecule has 35 heavy (non-hydrogen) atoms. The monoisotopic (exact) mass is 520 g/mol. The highest BCUT2D eigenvalue weighted by Crippen LogP contribution is 2.45. The number of hydrogen-bond donors (Lipinski definition) is 4. The second kappa shape index (κ2) is 9.33. The highest BCUT2D eigenvalue weighted by Gasteiger charge is 2.45. The lowest BCUT2D eigenvalue weighted by Crippen LogP contribution is -2.55. The van der Waals surface area contributed by atoms with Gasteiger partial charge in [-0.25, -0.2) is 18.4 Å². The summed E-state index contributed by atoms with van der Waals surface area (Å²) in [6.45, 7) is 0.129. The van der Waals surface area contributed by atoms with E-state index in [0.29, 0.717) is 29.5 Å². The lowest BCUT2D eigenvalue weighted by atomic mass is 9.87. The van der Waals surface area contributed by atoms with Gasteiger partial charge >= 0.3 is 5.91 Å². The summed E-state index contributed by atoms with van der Waals surface area (Å²) in [5.41, 5.74) is 0.984. The average Bonchev–Trinajstić information content (AvgIpc) is 3.31. The molecule has 2 fully saturated rings. The van der Waals surface area contributed by atoms with Gasteiger partial charge < -0.3 is 15.8 Å². The summed E-state index contributed by atoms with van der Waals surface area (Å²) in [6.07, 6.45) is 0.658. The molecule has 186 valence electrons. The molecular formula is C22H24N4O7S2. The minimum Gasteiger partial charge on any atom is -0.579 e. The van der Waals surface area contributed by atoms with Gasteiger partial charge in [0.2, 0.25) is 21.8 Å². The van der Waals surface area contributed by atoms with E-state index in [1.54, 1.807) is 36.4 Å². The van der Waals surface area contributed by atoms with Crippen molar-refractivity contribution in [2.45, 2.75) is 47.9 Å². The molecule has 2 aromatic rings. The molecule has 11 nitrogen and oxygen atoms in total. The highest BCUT2D eigenvalue weighted by molar-refractivity contribution is 7.94. The van der Waals surface area contributed by atoms with E-state index in [4.69, 9.17) is 5.14 Å². The van der Waals surface area contributed by atoms with Crippen molar-refractivity contribution in [3.8, 4) is 0 Å². The van der Waals surface area contributed by atoms with Crippen molar-refractivity contribution in [1.29, 1.82) is 0 Å². The van der Waals surface area contributed by atoms with Gasteiger partial charge in [-0.05, 0) is 35.2 Å². The maximum atomic E-state index is 13.2. The highest BCUT2D eigenvalue weighted by atomic mass is 32.2. The first-order chi connectivity index (χ1) is 16.4. The molecule has 0 bridgehead atoms. The third kappa shape index (κ3) is 5.55. The Bertz CT molecular complexity index is 1260. The number of hydrogen-bond acceptors (Lipinski definition) is 8. The van der Waals surface area contributed by atoms with E-state index < -0.39 is 30.9 Å². The predicted molar refractivity (Wildman–Crippen MR) is 125 cm³/mol. The number of sulfonamides is 1. The molecule has 5 N–H and O–H groups in total. The van der Waals surface area contributed by atoms with E-state index in [-0.39, 0.29) is 42.5 Å². The number of nitrogens with one attached hydrogen (secondary N) is 2. The van der Waals surface area contributed by atoms with Crippen LogP contribution in [-0.4, -0.2) is 41.1 Å². The first-order valence-electron chi connectivity index (χ1n) is 10.7. The lowest BCUT2D eigenvalue weighted by Gasteiger charge is -2.28. The Morgan fingerprint density at radius 2 is 1.80 bits per heavy atom. The van der Waals surface area contributed by atoms with Gasteiger partial charge in [0.1, 0.15) is 22.7 Å². The van der Waals surface area contributed by atoms with Crippen molar-refractivity contribution >= 4 is 39.7 Å². The van der Waals surface area contributed by atoms with Crippen molar-refractivity contribution in [2.75, 3.05) is 0 Å². The average molecular weight is 521 g/mol. The fourth-order valence-electron chi connectivity index (χ4n) is 4.17. The van der Waals surface area contributed by atoms with Crippen LogP contribution >= 0.6 is 11.9 Å². The zero-order valence-electron chi connectivity index (χ0n) is 18.5. The van der Waals surface area contributed by atoms with Gasteiger partial charge in [0.25, 0.3) is 0 Å². The molecule has 13 heteroatoms. The number of benzene rings is 2. The van der Waals surface area contributed by atoms with Crippen molar-refractivity contribution < 1.29 is 32.2 Å². The third-order valence-electron chi connectivity index (χ3n) is 6.10. The number of carbonyl (C=O) groups is 3. The van der Waals surface area contributed by atoms with Crippen LogP contribution in [0.3, 0.4) is 0 Å². The Morgan fingerprint density at radius 3 is 2.31 bits per heavy atom. The first kappa shape index (κ1) is 25.3. The van der Waals surface area contributed by atoms with Crippen LogP contribution in [0, 0.1) is 5.21 Å². The smallest absolute Gasteiger partial charge is 0.359 e. The van der Waals surface area contributed by atoms with Crippen LogP contribution < -0.4 is 15.8 Å². The van der Waals surface area contributed by atoms with Gasteiger partial charge in [-0.3, -0.25) is 9.59 Å². The van der Waals surface area contributed by atoms with Crippen molar-refractivity contribution in [2.24, 2.45) is 5.14 Å². The fourth-order valence-corrected chi connectivity index (χ4v) is 5.72. The summed E-state index contributed by atoms with van der Waals surface area (Å²) in [7, 11) is -3.81. The largest absolute Gasteiger partial charge is 0.579 e. The van der Waals surface area contributed by atoms with Gasteiger partial charge in [0.15, 0.2) is 0 Å². The summed E-state index contributed by atoms with van der Waals surface area (Å²) in [4.78, 5) is 36.8. The number of rotatable bonds is 7. The quantitative estimate of drug-likeness (QED) is 0.182. The van der Waals surface area contributed by atoms with Crippen LogP contribution in [0.25, 0.3) is 0 Å². The number of hydroxylamine groups is 2. The van der Waals surface area contributed by atoms with Crippen LogP contribution in [0.15, 0.2) is 53.4 Å². The Balaban J connectivity index is 1.44. The molecule has 3 atom stereocenters. The predicted octanol–water partition coefficient (Wildman–Crippen LogP) is 1.17.